The SMILES string of the molecule is CC(C)SCCNC1CCNCC1. The fourth-order valence-electron chi connectivity index (χ4n) is 1.58. The van der Waals surface area contributed by atoms with Crippen molar-refractivity contribution in [2.45, 2.75) is 38.0 Å². The van der Waals surface area contributed by atoms with Gasteiger partial charge in [0.05, 0.1) is 0 Å². The van der Waals surface area contributed by atoms with Gasteiger partial charge in [-0.2, -0.15) is 11.8 Å². The number of hydrogen-bond donors (Lipinski definition) is 2. The molecule has 1 fully saturated rings. The maximum Gasteiger partial charge on any atom is 0.00915 e. The summed E-state index contributed by atoms with van der Waals surface area (Å²) in [5.41, 5.74) is 0. The molecule has 0 bridgehead atoms. The predicted octanol–water partition coefficient (Wildman–Crippen LogP) is 1.47. The molecule has 0 amide bonds. The summed E-state index contributed by atoms with van der Waals surface area (Å²) in [6.07, 6.45) is 2.60. The number of nitrogens with one attached hydrogen (secondary N) is 2. The molecule has 0 atom stereocenters. The molecule has 0 aromatic carbocycles. The van der Waals surface area contributed by atoms with Crippen molar-refractivity contribution in [1.29, 1.82) is 0 Å². The van der Waals surface area contributed by atoms with E-state index in [2.05, 4.69) is 24.5 Å². The summed E-state index contributed by atoms with van der Waals surface area (Å²) < 4.78 is 0. The van der Waals surface area contributed by atoms with Crippen LogP contribution in [0.3, 0.4) is 0 Å². The summed E-state index contributed by atoms with van der Waals surface area (Å²) in [7, 11) is 0. The maximum atomic E-state index is 3.62. The first-order valence-corrected chi connectivity index (χ1v) is 6.39. The molecule has 0 radical (unpaired) electrons. The fraction of sp³-hybridized carbons (Fsp3) is 1.00. The molecule has 78 valence electrons. The summed E-state index contributed by atoms with van der Waals surface area (Å²) >= 11 is 2.04. The minimum absolute atomic E-state index is 0.772. The Bertz CT molecular complexity index is 122. The van der Waals surface area contributed by atoms with Crippen molar-refractivity contribution in [3.8, 4) is 0 Å². The van der Waals surface area contributed by atoms with Crippen molar-refractivity contribution in [3.63, 3.8) is 0 Å². The van der Waals surface area contributed by atoms with Crippen molar-refractivity contribution in [2.24, 2.45) is 0 Å². The molecule has 1 aliphatic heterocycles. The maximum absolute atomic E-state index is 3.62. The lowest BCUT2D eigenvalue weighted by atomic mass is 10.1. The topological polar surface area (TPSA) is 24.1 Å². The second-order valence-corrected chi connectivity index (χ2v) is 5.58. The number of piperidine rings is 1. The van der Waals surface area contributed by atoms with Crippen molar-refractivity contribution in [3.05, 3.63) is 0 Å². The largest absolute Gasteiger partial charge is 0.317 e. The van der Waals surface area contributed by atoms with Gasteiger partial charge in [-0.15, -0.1) is 0 Å². The number of hydrogen-bond acceptors (Lipinski definition) is 3. The molecule has 2 nitrogen and oxygen atoms in total. The van der Waals surface area contributed by atoms with Gasteiger partial charge in [-0.3, -0.25) is 0 Å². The Morgan fingerprint density at radius 1 is 1.38 bits per heavy atom. The first-order chi connectivity index (χ1) is 6.29. The van der Waals surface area contributed by atoms with E-state index in [1.54, 1.807) is 0 Å². The Balaban J connectivity index is 1.92. The van der Waals surface area contributed by atoms with Crippen LogP contribution in [0.15, 0.2) is 0 Å². The van der Waals surface area contributed by atoms with Gasteiger partial charge in [0.2, 0.25) is 0 Å². The third kappa shape index (κ3) is 5.55. The average Bonchev–Trinajstić information content (AvgIpc) is 2.14. The molecule has 0 saturated carbocycles. The van der Waals surface area contributed by atoms with Crippen molar-refractivity contribution < 1.29 is 0 Å². The van der Waals surface area contributed by atoms with E-state index in [0.717, 1.165) is 11.3 Å². The molecule has 0 aliphatic carbocycles. The lowest BCUT2D eigenvalue weighted by molar-refractivity contribution is 0.395. The van der Waals surface area contributed by atoms with Crippen LogP contribution >= 0.6 is 11.8 Å². The van der Waals surface area contributed by atoms with Gasteiger partial charge >= 0.3 is 0 Å². The van der Waals surface area contributed by atoms with Crippen LogP contribution in [0.4, 0.5) is 0 Å². The summed E-state index contributed by atoms with van der Waals surface area (Å²) in [6.45, 7) is 8.07. The highest BCUT2D eigenvalue weighted by Crippen LogP contribution is 2.08. The third-order valence-electron chi connectivity index (χ3n) is 2.33. The second kappa shape index (κ2) is 6.68. The first kappa shape index (κ1) is 11.3. The van der Waals surface area contributed by atoms with Crippen LogP contribution in [-0.4, -0.2) is 36.7 Å². The quantitative estimate of drug-likeness (QED) is 0.660. The monoisotopic (exact) mass is 202 g/mol. The van der Waals surface area contributed by atoms with Crippen molar-refractivity contribution >= 4 is 11.8 Å². The van der Waals surface area contributed by atoms with E-state index in [1.807, 2.05) is 11.8 Å². The second-order valence-electron chi connectivity index (χ2n) is 3.90. The highest BCUT2D eigenvalue weighted by molar-refractivity contribution is 7.99. The molecule has 1 saturated heterocycles. The molecule has 0 aromatic rings. The lowest BCUT2D eigenvalue weighted by Gasteiger charge is -2.23. The van der Waals surface area contributed by atoms with Gasteiger partial charge in [-0.25, -0.2) is 0 Å². The van der Waals surface area contributed by atoms with Gasteiger partial charge in [0.1, 0.15) is 0 Å². The van der Waals surface area contributed by atoms with E-state index in [4.69, 9.17) is 0 Å². The van der Waals surface area contributed by atoms with Crippen molar-refractivity contribution in [1.82, 2.24) is 10.6 Å². The molecule has 0 unspecified atom stereocenters. The minimum atomic E-state index is 0.772. The highest BCUT2D eigenvalue weighted by Gasteiger charge is 2.11. The zero-order valence-electron chi connectivity index (χ0n) is 8.81. The Morgan fingerprint density at radius 2 is 2.08 bits per heavy atom. The van der Waals surface area contributed by atoms with Crippen LogP contribution in [0, 0.1) is 0 Å². The van der Waals surface area contributed by atoms with Crippen LogP contribution in [0.25, 0.3) is 0 Å². The molecule has 0 aromatic heterocycles. The number of thioether (sulfide) groups is 1. The Morgan fingerprint density at radius 3 is 2.69 bits per heavy atom. The van der Waals surface area contributed by atoms with E-state index in [-0.39, 0.29) is 0 Å². The van der Waals surface area contributed by atoms with Crippen LogP contribution < -0.4 is 10.6 Å². The smallest absolute Gasteiger partial charge is 0.00915 e. The summed E-state index contributed by atoms with van der Waals surface area (Å²) in [6, 6.07) is 0.772. The molecule has 13 heavy (non-hydrogen) atoms. The molecule has 0 spiro atoms. The van der Waals surface area contributed by atoms with Gasteiger partial charge < -0.3 is 10.6 Å². The highest BCUT2D eigenvalue weighted by atomic mass is 32.2. The van der Waals surface area contributed by atoms with Crippen LogP contribution in [-0.2, 0) is 0 Å². The average molecular weight is 202 g/mol. The Kier molecular flexibility index (Phi) is 5.83. The molecular formula is C10H22N2S. The van der Waals surface area contributed by atoms with Gasteiger partial charge in [-0.05, 0) is 31.2 Å². The van der Waals surface area contributed by atoms with Crippen LogP contribution in [0.2, 0.25) is 0 Å². The standard InChI is InChI=1S/C10H22N2S/c1-9(2)13-8-7-12-10-3-5-11-6-4-10/h9-12H,3-8H2,1-2H3. The van der Waals surface area contributed by atoms with E-state index < -0.39 is 0 Å². The van der Waals surface area contributed by atoms with Crippen LogP contribution in [0.1, 0.15) is 26.7 Å². The van der Waals surface area contributed by atoms with E-state index in [0.29, 0.717) is 0 Å². The number of rotatable bonds is 5. The van der Waals surface area contributed by atoms with E-state index >= 15 is 0 Å². The minimum Gasteiger partial charge on any atom is -0.317 e. The molecule has 1 aliphatic rings. The molecule has 3 heteroatoms. The Labute approximate surface area is 86.2 Å². The van der Waals surface area contributed by atoms with Gasteiger partial charge in [0.15, 0.2) is 0 Å². The lowest BCUT2D eigenvalue weighted by Crippen LogP contribution is -2.40. The van der Waals surface area contributed by atoms with Crippen molar-refractivity contribution in [2.75, 3.05) is 25.4 Å². The zero-order chi connectivity index (χ0) is 9.52. The molecular weight excluding hydrogens is 180 g/mol. The van der Waals surface area contributed by atoms with Gasteiger partial charge in [0.25, 0.3) is 0 Å². The van der Waals surface area contributed by atoms with Gasteiger partial charge in [-0.1, -0.05) is 13.8 Å². The normalized spacial score (nSPS) is 19.6. The van der Waals surface area contributed by atoms with E-state index in [1.165, 1.54) is 38.2 Å². The summed E-state index contributed by atoms with van der Waals surface area (Å²) in [4.78, 5) is 0. The summed E-state index contributed by atoms with van der Waals surface area (Å²) in [5, 5.41) is 7.77. The van der Waals surface area contributed by atoms with Gasteiger partial charge in [0, 0.05) is 18.3 Å². The van der Waals surface area contributed by atoms with E-state index in [9.17, 15) is 0 Å². The zero-order valence-corrected chi connectivity index (χ0v) is 9.62. The van der Waals surface area contributed by atoms with Crippen LogP contribution in [0.5, 0.6) is 0 Å². The predicted molar refractivity (Wildman–Crippen MR) is 61.5 cm³/mol. The molecule has 1 rings (SSSR count). The molecule has 2 N–H and O–H groups in total. The molecule has 1 heterocycles. The third-order valence-corrected chi connectivity index (χ3v) is 3.43. The Hall–Kier alpha value is 0.270. The summed E-state index contributed by atoms with van der Waals surface area (Å²) in [5.74, 6) is 1.25. The fourth-order valence-corrected chi connectivity index (χ4v) is 2.29. The first-order valence-electron chi connectivity index (χ1n) is 5.34.